The van der Waals surface area contributed by atoms with Crippen LogP contribution in [0.3, 0.4) is 0 Å². The van der Waals surface area contributed by atoms with Crippen LogP contribution < -0.4 is 16.0 Å². The van der Waals surface area contributed by atoms with E-state index in [1.807, 2.05) is 0 Å². The number of nitrogens with one attached hydrogen (secondary N) is 3. The predicted molar refractivity (Wildman–Crippen MR) is 157 cm³/mol. The Labute approximate surface area is 234 Å². The standard InChI is InChI=1S/C33H59N5/c1-3-8-25(9-4-1)37(26-10-5-2-6-11-26)28-16-17-31-29(22-28)30-23-34-21-18-32(30)38(31)27-14-12-24(13-15-27)33-35-19-7-20-36-33/h24-36H,1-23H2. The Hall–Kier alpha value is -0.200. The van der Waals surface area contributed by atoms with E-state index in [1.165, 1.54) is 148 Å². The summed E-state index contributed by atoms with van der Waals surface area (Å²) in [6.07, 6.45) is 28.5. The molecule has 5 heteroatoms. The predicted octanol–water partition coefficient (Wildman–Crippen LogP) is 5.25. The SMILES string of the molecule is C1CCC(N(C2CCCCC2)C2CCC3C(C2)C2CNCCC2N3C2CCC(C3NCCCN3)CC2)CC1. The van der Waals surface area contributed by atoms with Crippen LogP contribution in [0.25, 0.3) is 0 Å². The minimum atomic E-state index is 0.587. The zero-order chi connectivity index (χ0) is 25.3. The van der Waals surface area contributed by atoms with Crippen LogP contribution in [0.5, 0.6) is 0 Å². The first kappa shape index (κ1) is 26.7. The topological polar surface area (TPSA) is 42.6 Å². The van der Waals surface area contributed by atoms with Gasteiger partial charge >= 0.3 is 0 Å². The molecular weight excluding hydrogens is 466 g/mol. The number of fused-ring (bicyclic) bond motifs is 3. The second kappa shape index (κ2) is 12.3. The van der Waals surface area contributed by atoms with Gasteiger partial charge in [0.15, 0.2) is 0 Å². The molecule has 5 unspecified atom stereocenters. The molecule has 0 spiro atoms. The van der Waals surface area contributed by atoms with Crippen molar-refractivity contribution < 1.29 is 0 Å². The van der Waals surface area contributed by atoms with E-state index in [4.69, 9.17) is 0 Å². The molecule has 7 rings (SSSR count). The Morgan fingerprint density at radius 1 is 0.526 bits per heavy atom. The number of hydrogen-bond donors (Lipinski definition) is 3. The molecule has 0 amide bonds. The highest BCUT2D eigenvalue weighted by Crippen LogP contribution is 2.50. The van der Waals surface area contributed by atoms with Crippen molar-refractivity contribution in [2.24, 2.45) is 17.8 Å². The van der Waals surface area contributed by atoms with Crippen LogP contribution in [-0.4, -0.2) is 78.4 Å². The Bertz CT molecular complexity index is 716. The van der Waals surface area contributed by atoms with Crippen LogP contribution >= 0.6 is 0 Å². The van der Waals surface area contributed by atoms with Crippen molar-refractivity contribution in [3.8, 4) is 0 Å². The summed E-state index contributed by atoms with van der Waals surface area (Å²) in [5, 5.41) is 11.5. The number of likely N-dealkylation sites (tertiary alicyclic amines) is 1. The Morgan fingerprint density at radius 3 is 1.87 bits per heavy atom. The van der Waals surface area contributed by atoms with Crippen LogP contribution in [0.4, 0.5) is 0 Å². The van der Waals surface area contributed by atoms with Crippen molar-refractivity contribution in [2.75, 3.05) is 26.2 Å². The van der Waals surface area contributed by atoms with Gasteiger partial charge in [0, 0.05) is 36.3 Å². The van der Waals surface area contributed by atoms with Crippen LogP contribution in [0.15, 0.2) is 0 Å². The van der Waals surface area contributed by atoms with Crippen molar-refractivity contribution in [1.82, 2.24) is 25.8 Å². The van der Waals surface area contributed by atoms with Crippen molar-refractivity contribution in [3.05, 3.63) is 0 Å². The molecule has 0 aromatic heterocycles. The van der Waals surface area contributed by atoms with E-state index in [0.717, 1.165) is 54.0 Å². The van der Waals surface area contributed by atoms with Gasteiger partial charge in [-0.3, -0.25) is 9.80 Å². The maximum absolute atomic E-state index is 3.88. The number of hydrogen-bond acceptors (Lipinski definition) is 5. The first-order valence-electron chi connectivity index (χ1n) is 17.6. The molecule has 7 aliphatic rings. The molecule has 3 aliphatic heterocycles. The van der Waals surface area contributed by atoms with Gasteiger partial charge in [0.1, 0.15) is 0 Å². The summed E-state index contributed by atoms with van der Waals surface area (Å²) in [5.74, 6) is 2.71. The molecule has 3 heterocycles. The molecule has 0 aromatic rings. The summed E-state index contributed by atoms with van der Waals surface area (Å²) in [7, 11) is 0. The van der Waals surface area contributed by atoms with E-state index >= 15 is 0 Å². The quantitative estimate of drug-likeness (QED) is 0.457. The van der Waals surface area contributed by atoms with Crippen LogP contribution in [0.1, 0.15) is 122 Å². The van der Waals surface area contributed by atoms with E-state index in [9.17, 15) is 0 Å². The number of rotatable bonds is 5. The van der Waals surface area contributed by atoms with Crippen molar-refractivity contribution in [3.63, 3.8) is 0 Å². The molecular formula is C33H59N5. The molecule has 7 fully saturated rings. The van der Waals surface area contributed by atoms with Gasteiger partial charge in [-0.15, -0.1) is 0 Å². The van der Waals surface area contributed by atoms with Gasteiger partial charge in [-0.2, -0.15) is 0 Å². The van der Waals surface area contributed by atoms with Gasteiger partial charge in [-0.1, -0.05) is 38.5 Å². The van der Waals surface area contributed by atoms with E-state index in [2.05, 4.69) is 25.8 Å². The van der Waals surface area contributed by atoms with Crippen LogP contribution in [-0.2, 0) is 0 Å². The molecule has 0 radical (unpaired) electrons. The monoisotopic (exact) mass is 525 g/mol. The fraction of sp³-hybridized carbons (Fsp3) is 1.00. The van der Waals surface area contributed by atoms with Gasteiger partial charge in [-0.05, 0) is 127 Å². The molecule has 0 aromatic carbocycles. The lowest BCUT2D eigenvalue weighted by atomic mass is 9.73. The lowest BCUT2D eigenvalue weighted by Crippen LogP contribution is -2.56. The number of piperidine rings is 1. The van der Waals surface area contributed by atoms with E-state index < -0.39 is 0 Å². The average Bonchev–Trinajstić information content (AvgIpc) is 3.33. The zero-order valence-corrected chi connectivity index (χ0v) is 24.4. The number of nitrogens with zero attached hydrogens (tertiary/aromatic N) is 2. The second-order valence-corrected chi connectivity index (χ2v) is 14.7. The molecule has 216 valence electrons. The third-order valence-electron chi connectivity index (χ3n) is 12.8. The van der Waals surface area contributed by atoms with Gasteiger partial charge < -0.3 is 16.0 Å². The fourth-order valence-corrected chi connectivity index (χ4v) is 11.1. The summed E-state index contributed by atoms with van der Waals surface area (Å²) in [6, 6.07) is 5.30. The zero-order valence-electron chi connectivity index (χ0n) is 24.4. The lowest BCUT2D eigenvalue weighted by molar-refractivity contribution is -0.00764. The Kier molecular flexibility index (Phi) is 8.67. The van der Waals surface area contributed by atoms with E-state index in [-0.39, 0.29) is 0 Å². The summed E-state index contributed by atoms with van der Waals surface area (Å²) >= 11 is 0. The van der Waals surface area contributed by atoms with Crippen molar-refractivity contribution in [1.29, 1.82) is 0 Å². The Balaban J connectivity index is 1.06. The summed E-state index contributed by atoms with van der Waals surface area (Å²) in [5.41, 5.74) is 0. The maximum Gasteiger partial charge on any atom is 0.0600 e. The Morgan fingerprint density at radius 2 is 1.18 bits per heavy atom. The van der Waals surface area contributed by atoms with Crippen LogP contribution in [0, 0.1) is 17.8 Å². The third kappa shape index (κ3) is 5.38. The maximum atomic E-state index is 3.88. The minimum absolute atomic E-state index is 0.587. The third-order valence-corrected chi connectivity index (χ3v) is 12.8. The highest BCUT2D eigenvalue weighted by Gasteiger charge is 2.54. The van der Waals surface area contributed by atoms with Gasteiger partial charge in [0.25, 0.3) is 0 Å². The van der Waals surface area contributed by atoms with Crippen LogP contribution in [0.2, 0.25) is 0 Å². The molecule has 0 bridgehead atoms. The average molecular weight is 526 g/mol. The first-order valence-corrected chi connectivity index (χ1v) is 17.6. The lowest BCUT2D eigenvalue weighted by Gasteiger charge is -2.50. The molecule has 4 aliphatic carbocycles. The summed E-state index contributed by atoms with van der Waals surface area (Å²) in [6.45, 7) is 4.98. The molecule has 4 saturated carbocycles. The van der Waals surface area contributed by atoms with Crippen molar-refractivity contribution >= 4 is 0 Å². The summed E-state index contributed by atoms with van der Waals surface area (Å²) in [4.78, 5) is 6.42. The summed E-state index contributed by atoms with van der Waals surface area (Å²) < 4.78 is 0. The highest BCUT2D eigenvalue weighted by atomic mass is 15.3. The highest BCUT2D eigenvalue weighted by molar-refractivity contribution is 5.09. The first-order chi connectivity index (χ1) is 18.9. The largest absolute Gasteiger partial charge is 0.316 e. The smallest absolute Gasteiger partial charge is 0.0600 e. The van der Waals surface area contributed by atoms with Crippen molar-refractivity contribution in [2.45, 2.75) is 164 Å². The molecule has 5 nitrogen and oxygen atoms in total. The van der Waals surface area contributed by atoms with E-state index in [1.54, 1.807) is 0 Å². The minimum Gasteiger partial charge on any atom is -0.316 e. The van der Waals surface area contributed by atoms with Gasteiger partial charge in [0.05, 0.1) is 6.17 Å². The molecule has 3 N–H and O–H groups in total. The molecule has 38 heavy (non-hydrogen) atoms. The fourth-order valence-electron chi connectivity index (χ4n) is 11.1. The molecule has 3 saturated heterocycles. The normalized spacial score (nSPS) is 42.7. The molecule has 5 atom stereocenters. The van der Waals surface area contributed by atoms with Gasteiger partial charge in [-0.25, -0.2) is 0 Å². The van der Waals surface area contributed by atoms with Gasteiger partial charge in [0.2, 0.25) is 0 Å². The second-order valence-electron chi connectivity index (χ2n) is 14.7. The van der Waals surface area contributed by atoms with E-state index in [0.29, 0.717) is 6.17 Å².